The first-order valence-electron chi connectivity index (χ1n) is 30.7. The van der Waals surface area contributed by atoms with Crippen LogP contribution < -0.4 is 9.47 Å². The van der Waals surface area contributed by atoms with Gasteiger partial charge in [0, 0.05) is 53.6 Å². The third kappa shape index (κ3) is 17.7. The number of Topliss-reactive ketones (excluding diaryl/α,β-unsaturated/α-hetero) is 1. The number of rotatable bonds is 27. The van der Waals surface area contributed by atoms with E-state index in [1.165, 1.54) is 35.7 Å². The van der Waals surface area contributed by atoms with Gasteiger partial charge in [-0.2, -0.15) is 0 Å². The molecule has 16 nitrogen and oxygen atoms in total. The predicted octanol–water partition coefficient (Wildman–Crippen LogP) is 13.7. The highest BCUT2D eigenvalue weighted by Gasteiger charge is 2.41. The molecule has 0 spiro atoms. The Hall–Kier alpha value is -5.73. The van der Waals surface area contributed by atoms with Gasteiger partial charge in [-0.15, -0.1) is 0 Å². The lowest BCUT2D eigenvalue weighted by Gasteiger charge is -2.31. The zero-order valence-electron chi connectivity index (χ0n) is 48.5. The summed E-state index contributed by atoms with van der Waals surface area (Å²) in [6, 6.07) is 16.7. The Labute approximate surface area is 511 Å². The van der Waals surface area contributed by atoms with Crippen molar-refractivity contribution >= 4 is 93.6 Å². The van der Waals surface area contributed by atoms with Crippen molar-refractivity contribution in [2.24, 2.45) is 28.1 Å². The molecule has 3 aromatic carbocycles. The lowest BCUT2D eigenvalue weighted by Crippen LogP contribution is -2.33. The lowest BCUT2D eigenvalue weighted by atomic mass is 9.82. The molecule has 4 fully saturated rings. The van der Waals surface area contributed by atoms with Crippen molar-refractivity contribution in [1.82, 2.24) is 0 Å². The minimum absolute atomic E-state index is 0.143. The van der Waals surface area contributed by atoms with E-state index in [-0.39, 0.29) is 54.0 Å². The lowest BCUT2D eigenvalue weighted by molar-refractivity contribution is -0.160. The maximum atomic E-state index is 14.4. The molecule has 3 aromatic rings. The largest absolute Gasteiger partial charge is 0.463 e. The number of unbranched alkanes of at least 4 members (excludes halogenated alkanes) is 6. The molecule has 0 aromatic heterocycles. The summed E-state index contributed by atoms with van der Waals surface area (Å²) in [5.41, 5.74) is 1.04. The molecule has 0 bridgehead atoms. The van der Waals surface area contributed by atoms with Gasteiger partial charge in [0.1, 0.15) is 22.8 Å². The normalized spacial score (nSPS) is 24.0. The van der Waals surface area contributed by atoms with E-state index in [9.17, 15) is 33.6 Å². The van der Waals surface area contributed by atoms with E-state index in [2.05, 4.69) is 17.6 Å². The van der Waals surface area contributed by atoms with Crippen molar-refractivity contribution in [1.29, 1.82) is 0 Å². The summed E-state index contributed by atoms with van der Waals surface area (Å²) in [5.74, 6) is -3.19. The molecule has 0 radical (unpaired) electrons. The second-order valence-corrected chi connectivity index (χ2v) is 25.9. The van der Waals surface area contributed by atoms with Crippen LogP contribution in [0, 0.1) is 23.7 Å². The number of allylic oxidation sites excluding steroid dienone is 1. The number of carbonyl (C=O) groups excluding carboxylic acids is 7. The smallest absolute Gasteiger partial charge is 0.330 e. The van der Waals surface area contributed by atoms with Crippen LogP contribution in [0.5, 0.6) is 11.5 Å². The number of ether oxygens (including phenoxy) is 8. The average Bonchev–Trinajstić information content (AvgIpc) is 2.40. The van der Waals surface area contributed by atoms with Gasteiger partial charge in [0.05, 0.1) is 63.1 Å². The van der Waals surface area contributed by atoms with Crippen LogP contribution >= 0.6 is 35.5 Å². The van der Waals surface area contributed by atoms with E-state index in [0.29, 0.717) is 130 Å². The number of carbonyl (C=O) groups is 7. The Kier molecular flexibility index (Phi) is 24.2. The quantitative estimate of drug-likeness (QED) is 0.0174. The molecule has 2 aliphatic heterocycles. The first kappa shape index (κ1) is 63.8. The Bertz CT molecular complexity index is 2780. The Morgan fingerprint density at radius 2 is 0.847 bits per heavy atom. The first-order valence-corrected chi connectivity index (χ1v) is 33.1. The first-order chi connectivity index (χ1) is 41.5. The van der Waals surface area contributed by atoms with E-state index < -0.39 is 35.7 Å². The minimum atomic E-state index is -0.465. The summed E-state index contributed by atoms with van der Waals surface area (Å²) in [6.45, 7) is 8.96. The number of ketones is 1. The molecule has 0 N–H and O–H groups in total. The van der Waals surface area contributed by atoms with Crippen molar-refractivity contribution < 1.29 is 71.5 Å². The van der Waals surface area contributed by atoms with Crippen LogP contribution in [0.2, 0.25) is 0 Å². The number of fused-ring (bicyclic) bond motifs is 2. The number of hydrogen-bond acceptors (Lipinski definition) is 19. The topological polar surface area (TPSA) is 206 Å². The van der Waals surface area contributed by atoms with Crippen molar-refractivity contribution in [3.63, 3.8) is 0 Å². The fraction of sp³-hybridized carbons (Fsp3) is 0.545. The van der Waals surface area contributed by atoms with E-state index in [1.54, 1.807) is 0 Å². The van der Waals surface area contributed by atoms with Crippen LogP contribution in [0.4, 0.5) is 0 Å². The molecule has 0 atom stereocenters. The molecule has 4 saturated carbocycles. The highest BCUT2D eigenvalue weighted by atomic mass is 32.2. The van der Waals surface area contributed by atoms with Gasteiger partial charge in [0.25, 0.3) is 0 Å². The molecule has 6 aliphatic rings. The van der Waals surface area contributed by atoms with Gasteiger partial charge in [-0.05, 0) is 141 Å². The molecule has 4 aliphatic carbocycles. The molecule has 85 heavy (non-hydrogen) atoms. The molecular formula is C66H79NO15S3. The van der Waals surface area contributed by atoms with Gasteiger partial charge < -0.3 is 37.9 Å². The molecular weight excluding hydrogens is 1140 g/mol. The summed E-state index contributed by atoms with van der Waals surface area (Å²) >= 11 is 3.70. The summed E-state index contributed by atoms with van der Waals surface area (Å²) < 4.78 is 52.6. The maximum absolute atomic E-state index is 14.4. The van der Waals surface area contributed by atoms with E-state index in [1.807, 2.05) is 54.6 Å². The number of esters is 6. The third-order valence-corrected chi connectivity index (χ3v) is 20.6. The number of thioether (sulfide) groups is 2. The highest BCUT2D eigenvalue weighted by Crippen LogP contribution is 2.63. The fourth-order valence-electron chi connectivity index (χ4n) is 11.9. The monoisotopic (exact) mass is 1220 g/mol. The van der Waals surface area contributed by atoms with Gasteiger partial charge in [0.2, 0.25) is 5.78 Å². The average molecular weight is 1220 g/mol. The van der Waals surface area contributed by atoms with Crippen LogP contribution in [-0.4, -0.2) is 98.2 Å². The Morgan fingerprint density at radius 3 is 1.26 bits per heavy atom. The minimum Gasteiger partial charge on any atom is -0.463 e. The van der Waals surface area contributed by atoms with Crippen LogP contribution in [0.3, 0.4) is 0 Å². The van der Waals surface area contributed by atoms with Gasteiger partial charge in [-0.1, -0.05) is 104 Å². The van der Waals surface area contributed by atoms with E-state index in [0.717, 1.165) is 115 Å². The zero-order chi connectivity index (χ0) is 59.5. The van der Waals surface area contributed by atoms with Crippen LogP contribution in [0.1, 0.15) is 160 Å². The van der Waals surface area contributed by atoms with Crippen LogP contribution in [-0.2, 0) is 62.0 Å². The van der Waals surface area contributed by atoms with Crippen molar-refractivity contribution in [3.05, 3.63) is 94.6 Å². The molecule has 456 valence electrons. The van der Waals surface area contributed by atoms with E-state index in [4.69, 9.17) is 37.9 Å². The molecule has 0 unspecified atom stereocenters. The molecule has 2 heterocycles. The number of nitrogens with zero attached hydrogens (tertiary/aromatic N) is 1. The Morgan fingerprint density at radius 1 is 0.471 bits per heavy atom. The van der Waals surface area contributed by atoms with Gasteiger partial charge in [-0.3, -0.25) is 24.0 Å². The summed E-state index contributed by atoms with van der Waals surface area (Å²) in [6.07, 6.45) is 19.8. The number of benzene rings is 3. The van der Waals surface area contributed by atoms with Crippen molar-refractivity contribution in [2.75, 3.05) is 26.4 Å². The fourth-order valence-corrected chi connectivity index (χ4v) is 15.6. The van der Waals surface area contributed by atoms with Gasteiger partial charge >= 0.3 is 35.8 Å². The third-order valence-electron chi connectivity index (χ3n) is 16.9. The van der Waals surface area contributed by atoms with Crippen LogP contribution in [0.15, 0.2) is 103 Å². The molecule has 0 amide bonds. The highest BCUT2D eigenvalue weighted by molar-refractivity contribution is 8.25. The maximum Gasteiger partial charge on any atom is 0.330 e. The zero-order valence-corrected chi connectivity index (χ0v) is 50.9. The summed E-state index contributed by atoms with van der Waals surface area (Å²) in [5, 5.41) is 1.15. The number of hydrogen-bond donors (Lipinski definition) is 0. The molecule has 19 heteroatoms. The standard InChI is InChI=1S/C66H79NO15S3/c1-3-53(68)77-40-16-7-5-14-38-75-47-30-34-49(35-31-47)79-62(71)43-22-26-45(27-23-43)64(73)81-57-51-20-12-13-21-52(51)58(61-60(57)83-66(84-61)59-56(70)55(67-85-59)42-18-10-9-11-19-42)82-65(74)46-28-24-44(25-29-46)63(72)80-50-36-32-48(33-37-50)76-39-15-6-8-17-41-78-54(69)4-2/h3-4,9-13,18-21,43-50H,1-2,5-8,14-17,22-41H2. The van der Waals surface area contributed by atoms with Crippen molar-refractivity contribution in [2.45, 2.75) is 188 Å². The van der Waals surface area contributed by atoms with Crippen molar-refractivity contribution in [3.8, 4) is 11.5 Å². The van der Waals surface area contributed by atoms with Gasteiger partial charge in [0.15, 0.2) is 11.5 Å². The summed E-state index contributed by atoms with van der Waals surface area (Å²) in [7, 11) is 0. The van der Waals surface area contributed by atoms with Crippen LogP contribution in [0.25, 0.3) is 10.8 Å². The predicted molar refractivity (Wildman–Crippen MR) is 326 cm³/mol. The second kappa shape index (κ2) is 32.3. The molecule has 9 rings (SSSR count). The van der Waals surface area contributed by atoms with E-state index >= 15 is 0 Å². The SMILES string of the molecule is C=CC(=O)OCCCCCCOC1CCC(OC(=O)C2CCC(C(=O)Oc3c4c(c(OC(=O)C5CCC(C(=O)OC6CCC(OCCCCCCOC(=O)C=C)CC6)CC5)c5ccccc35)SC(=C3SN=C(c5ccccc5)C3=O)S4)CC2)CC1. The summed E-state index contributed by atoms with van der Waals surface area (Å²) in [4.78, 5) is 93.8. The second-order valence-electron chi connectivity index (χ2n) is 22.8. The Balaban J connectivity index is 0.775. The molecule has 0 saturated heterocycles. The van der Waals surface area contributed by atoms with Gasteiger partial charge in [-0.25, -0.2) is 14.0 Å².